The maximum atomic E-state index is 12.8. The number of amides is 2. The third-order valence-corrected chi connectivity index (χ3v) is 5.04. The highest BCUT2D eigenvalue weighted by atomic mass is 16.4. The smallest absolute Gasteiger partial charge is 0.327 e. The normalized spacial score (nSPS) is 30.0. The van der Waals surface area contributed by atoms with Gasteiger partial charge in [0.05, 0.1) is 36.6 Å². The zero-order valence-electron chi connectivity index (χ0n) is 13.5. The van der Waals surface area contributed by atoms with E-state index >= 15 is 0 Å². The van der Waals surface area contributed by atoms with Crippen LogP contribution in [0.3, 0.4) is 0 Å². The van der Waals surface area contributed by atoms with E-state index in [0.29, 0.717) is 5.56 Å². The van der Waals surface area contributed by atoms with Gasteiger partial charge in [-0.1, -0.05) is 24.1 Å². The van der Waals surface area contributed by atoms with Crippen molar-refractivity contribution in [2.75, 3.05) is 13.2 Å². The molecule has 1 aromatic rings. The van der Waals surface area contributed by atoms with Crippen molar-refractivity contribution in [1.29, 1.82) is 5.26 Å². The Bertz CT molecular complexity index is 884. The number of carboxylic acid groups (broad SMARTS) is 1. The number of hydrogen-bond donors (Lipinski definition) is 3. The fraction of sp³-hybridized carbons (Fsp3) is 0.333. The number of rotatable bonds is 4. The summed E-state index contributed by atoms with van der Waals surface area (Å²) in [4.78, 5) is 38.3. The van der Waals surface area contributed by atoms with E-state index in [-0.39, 0.29) is 12.1 Å². The molecule has 1 aromatic carbocycles. The Morgan fingerprint density at radius 1 is 1.35 bits per heavy atom. The van der Waals surface area contributed by atoms with Gasteiger partial charge < -0.3 is 10.2 Å². The summed E-state index contributed by atoms with van der Waals surface area (Å²) in [5.74, 6) is -2.98. The van der Waals surface area contributed by atoms with Gasteiger partial charge in [-0.2, -0.15) is 5.26 Å². The molecule has 2 aliphatic rings. The summed E-state index contributed by atoms with van der Waals surface area (Å²) >= 11 is 0. The summed E-state index contributed by atoms with van der Waals surface area (Å²) in [5, 5.41) is 31.6. The first-order valence-electron chi connectivity index (χ1n) is 7.82. The van der Waals surface area contributed by atoms with Crippen LogP contribution in [0.2, 0.25) is 0 Å². The number of likely N-dealkylation sites (tertiary alicyclic amines) is 1. The van der Waals surface area contributed by atoms with E-state index < -0.39 is 47.8 Å². The van der Waals surface area contributed by atoms with Gasteiger partial charge in [0.1, 0.15) is 0 Å². The molecule has 132 valence electrons. The molecule has 2 amide bonds. The van der Waals surface area contributed by atoms with Gasteiger partial charge in [-0.3, -0.25) is 24.6 Å². The lowest BCUT2D eigenvalue weighted by atomic mass is 9.79. The molecule has 0 aromatic heterocycles. The van der Waals surface area contributed by atoms with E-state index in [2.05, 4.69) is 11.2 Å². The molecule has 3 rings (SSSR count). The maximum absolute atomic E-state index is 12.8. The van der Waals surface area contributed by atoms with Gasteiger partial charge in [0.15, 0.2) is 5.54 Å². The third-order valence-electron chi connectivity index (χ3n) is 5.04. The van der Waals surface area contributed by atoms with Crippen molar-refractivity contribution in [2.24, 2.45) is 11.8 Å². The van der Waals surface area contributed by atoms with Crippen LogP contribution < -0.4 is 5.32 Å². The fourth-order valence-electron chi connectivity index (χ4n) is 3.86. The van der Waals surface area contributed by atoms with Crippen LogP contribution in [-0.4, -0.2) is 51.6 Å². The minimum absolute atomic E-state index is 0.249. The summed E-state index contributed by atoms with van der Waals surface area (Å²) in [7, 11) is 0. The molecule has 0 radical (unpaired) electrons. The predicted octanol–water partition coefficient (Wildman–Crippen LogP) is -0.747. The van der Waals surface area contributed by atoms with Crippen molar-refractivity contribution < 1.29 is 24.6 Å². The minimum atomic E-state index is -2.03. The summed E-state index contributed by atoms with van der Waals surface area (Å²) in [5.41, 5.74) is -1.39. The number of benzene rings is 1. The molecule has 2 heterocycles. The maximum Gasteiger partial charge on any atom is 0.327 e. The van der Waals surface area contributed by atoms with Gasteiger partial charge in [0.25, 0.3) is 0 Å². The van der Waals surface area contributed by atoms with Gasteiger partial charge in [0.2, 0.25) is 11.8 Å². The lowest BCUT2D eigenvalue weighted by Crippen LogP contribution is -2.58. The summed E-state index contributed by atoms with van der Waals surface area (Å²) < 4.78 is 0. The van der Waals surface area contributed by atoms with Crippen molar-refractivity contribution in [3.05, 3.63) is 35.4 Å². The Labute approximate surface area is 149 Å². The van der Waals surface area contributed by atoms with Crippen molar-refractivity contribution in [3.63, 3.8) is 0 Å². The van der Waals surface area contributed by atoms with Gasteiger partial charge in [0, 0.05) is 6.04 Å². The molecule has 0 spiro atoms. The number of nitrogens with zero attached hydrogens (tertiary/aromatic N) is 2. The van der Waals surface area contributed by atoms with Crippen LogP contribution in [0.4, 0.5) is 0 Å². The number of aliphatic hydroxyl groups is 1. The SMILES string of the molecule is C#CCN1C(=O)C2C(c3ccccc3C#N)NC(CO)(C(=O)O)C2C1=O. The van der Waals surface area contributed by atoms with Gasteiger partial charge in [-0.15, -0.1) is 6.42 Å². The van der Waals surface area contributed by atoms with Crippen LogP contribution >= 0.6 is 0 Å². The van der Waals surface area contributed by atoms with Gasteiger partial charge in [-0.05, 0) is 11.6 Å². The lowest BCUT2D eigenvalue weighted by Gasteiger charge is -2.28. The van der Waals surface area contributed by atoms with E-state index in [1.165, 1.54) is 6.07 Å². The van der Waals surface area contributed by atoms with E-state index in [4.69, 9.17) is 6.42 Å². The number of carboxylic acids is 1. The third kappa shape index (κ3) is 2.21. The molecule has 4 atom stereocenters. The first-order chi connectivity index (χ1) is 12.4. The Morgan fingerprint density at radius 2 is 2.04 bits per heavy atom. The quantitative estimate of drug-likeness (QED) is 0.480. The largest absolute Gasteiger partial charge is 0.480 e. The van der Waals surface area contributed by atoms with Crippen molar-refractivity contribution in [3.8, 4) is 18.4 Å². The molecule has 2 aliphatic heterocycles. The second kappa shape index (κ2) is 6.26. The molecule has 3 N–H and O–H groups in total. The van der Waals surface area contributed by atoms with Crippen LogP contribution in [0.15, 0.2) is 24.3 Å². The number of aliphatic hydroxyl groups excluding tert-OH is 1. The topological polar surface area (TPSA) is 131 Å². The Morgan fingerprint density at radius 3 is 2.62 bits per heavy atom. The van der Waals surface area contributed by atoms with Crippen molar-refractivity contribution in [1.82, 2.24) is 10.2 Å². The Hall–Kier alpha value is -3.20. The number of terminal acetylenes is 1. The number of fused-ring (bicyclic) bond motifs is 1. The number of nitriles is 1. The molecule has 4 unspecified atom stereocenters. The van der Waals surface area contributed by atoms with Crippen molar-refractivity contribution in [2.45, 2.75) is 11.6 Å². The number of imide groups is 1. The van der Waals surface area contributed by atoms with E-state index in [0.717, 1.165) is 4.90 Å². The van der Waals surface area contributed by atoms with E-state index in [9.17, 15) is 29.9 Å². The van der Waals surface area contributed by atoms with Crippen LogP contribution in [0, 0.1) is 35.5 Å². The van der Waals surface area contributed by atoms with Crippen LogP contribution in [0.25, 0.3) is 0 Å². The highest BCUT2D eigenvalue weighted by molar-refractivity contribution is 6.09. The number of nitrogens with one attached hydrogen (secondary N) is 1. The van der Waals surface area contributed by atoms with Gasteiger partial charge >= 0.3 is 5.97 Å². The fourth-order valence-corrected chi connectivity index (χ4v) is 3.86. The zero-order chi connectivity index (χ0) is 19.1. The van der Waals surface area contributed by atoms with E-state index in [1.54, 1.807) is 18.2 Å². The molecule has 8 nitrogen and oxygen atoms in total. The summed E-state index contributed by atoms with van der Waals surface area (Å²) in [6.45, 7) is -1.17. The monoisotopic (exact) mass is 353 g/mol. The standard InChI is InChI=1S/C18H15N3O5/c1-2-7-21-15(23)12-13(16(21)24)18(9-22,17(25)26)20-14(12)11-6-4-3-5-10(11)8-19/h1,3-6,12-14,20,22H,7,9H2,(H,25,26). The zero-order valence-corrected chi connectivity index (χ0v) is 13.5. The molecule has 2 saturated heterocycles. The second-order valence-corrected chi connectivity index (χ2v) is 6.23. The number of hydrogen-bond acceptors (Lipinski definition) is 6. The Kier molecular flexibility index (Phi) is 4.25. The summed E-state index contributed by atoms with van der Waals surface area (Å²) in [6.07, 6.45) is 5.21. The van der Waals surface area contributed by atoms with Crippen LogP contribution in [0.1, 0.15) is 17.2 Å². The number of carbonyl (C=O) groups excluding carboxylic acids is 2. The predicted molar refractivity (Wildman–Crippen MR) is 87.0 cm³/mol. The number of aliphatic carboxylic acids is 1. The second-order valence-electron chi connectivity index (χ2n) is 6.23. The molecular weight excluding hydrogens is 338 g/mol. The molecule has 8 heteroatoms. The molecule has 0 bridgehead atoms. The first kappa shape index (κ1) is 17.6. The average Bonchev–Trinajstić information content (AvgIpc) is 3.12. The summed E-state index contributed by atoms with van der Waals surface area (Å²) in [6, 6.07) is 7.48. The molecular formula is C18H15N3O5. The lowest BCUT2D eigenvalue weighted by molar-refractivity contribution is -0.153. The number of carbonyl (C=O) groups is 3. The van der Waals surface area contributed by atoms with E-state index in [1.807, 2.05) is 6.07 Å². The van der Waals surface area contributed by atoms with Gasteiger partial charge in [-0.25, -0.2) is 0 Å². The molecule has 0 saturated carbocycles. The highest BCUT2D eigenvalue weighted by Crippen LogP contribution is 2.49. The highest BCUT2D eigenvalue weighted by Gasteiger charge is 2.68. The molecule has 26 heavy (non-hydrogen) atoms. The van der Waals surface area contributed by atoms with Crippen molar-refractivity contribution >= 4 is 17.8 Å². The van der Waals surface area contributed by atoms with Crippen LogP contribution in [0.5, 0.6) is 0 Å². The first-order valence-corrected chi connectivity index (χ1v) is 7.82. The Balaban J connectivity index is 2.19. The minimum Gasteiger partial charge on any atom is -0.480 e. The molecule has 0 aliphatic carbocycles. The molecule has 2 fully saturated rings. The van der Waals surface area contributed by atoms with Crippen LogP contribution in [-0.2, 0) is 14.4 Å². The average molecular weight is 353 g/mol.